The van der Waals surface area contributed by atoms with Crippen LogP contribution in [0.5, 0.6) is 5.88 Å². The van der Waals surface area contributed by atoms with Crippen LogP contribution in [0.2, 0.25) is 0 Å². The maximum atomic E-state index is 14.7. The third-order valence-corrected chi connectivity index (χ3v) is 7.24. The molecule has 0 spiro atoms. The van der Waals surface area contributed by atoms with Gasteiger partial charge in [-0.3, -0.25) is 5.32 Å². The zero-order valence-corrected chi connectivity index (χ0v) is 19.8. The Morgan fingerprint density at radius 3 is 2.06 bits per heavy atom. The Bertz CT molecular complexity index is 1140. The standard InChI is InChI=1S/C19H23F2N3O6S2/c1-18(2,3)13-14(29-15(22)25)24-17(31-13)32(27,28)12-10(20)7-9(8-11(12)21)23-16(26)30-19(4,5)6/h7-8H,1-6H3,(H2,22,25)(H,23,26). The molecular weight excluding hydrogens is 468 g/mol. The molecule has 9 nitrogen and oxygen atoms in total. The number of amides is 2. The lowest BCUT2D eigenvalue weighted by Gasteiger charge is -2.19. The minimum atomic E-state index is -4.79. The molecule has 2 aromatic rings. The van der Waals surface area contributed by atoms with E-state index in [0.717, 1.165) is 0 Å². The van der Waals surface area contributed by atoms with Crippen LogP contribution in [0.4, 0.5) is 24.1 Å². The van der Waals surface area contributed by atoms with Crippen LogP contribution in [0.25, 0.3) is 0 Å². The Labute approximate surface area is 187 Å². The SMILES string of the molecule is CC(C)(C)OC(=O)Nc1cc(F)c(S(=O)(=O)c2nc(OC(N)=O)c(C(C)(C)C)s2)c(F)c1. The molecule has 0 saturated heterocycles. The van der Waals surface area contributed by atoms with E-state index in [2.05, 4.69) is 10.3 Å². The van der Waals surface area contributed by atoms with E-state index in [1.54, 1.807) is 41.5 Å². The summed E-state index contributed by atoms with van der Waals surface area (Å²) in [7, 11) is -4.79. The van der Waals surface area contributed by atoms with E-state index >= 15 is 0 Å². The van der Waals surface area contributed by atoms with Crippen LogP contribution in [-0.2, 0) is 20.0 Å². The average molecular weight is 492 g/mol. The first-order valence-electron chi connectivity index (χ1n) is 9.14. The molecule has 0 aliphatic rings. The molecule has 3 N–H and O–H groups in total. The second-order valence-corrected chi connectivity index (χ2v) is 11.7. The Balaban J connectivity index is 2.50. The maximum Gasteiger partial charge on any atom is 0.412 e. The van der Waals surface area contributed by atoms with Crippen molar-refractivity contribution in [2.24, 2.45) is 5.73 Å². The molecule has 1 aromatic heterocycles. The maximum absolute atomic E-state index is 14.7. The van der Waals surface area contributed by atoms with Crippen molar-refractivity contribution in [2.45, 2.75) is 61.8 Å². The van der Waals surface area contributed by atoms with Gasteiger partial charge in [-0.15, -0.1) is 11.3 Å². The highest BCUT2D eigenvalue weighted by molar-refractivity contribution is 7.93. The van der Waals surface area contributed by atoms with Gasteiger partial charge in [-0.25, -0.2) is 26.8 Å². The van der Waals surface area contributed by atoms with Gasteiger partial charge in [0.1, 0.15) is 22.1 Å². The molecule has 0 atom stereocenters. The number of rotatable bonds is 4. The van der Waals surface area contributed by atoms with E-state index < -0.39 is 53.9 Å². The Hall–Kier alpha value is -2.80. The van der Waals surface area contributed by atoms with Crippen LogP contribution in [0.15, 0.2) is 21.4 Å². The monoisotopic (exact) mass is 491 g/mol. The number of carbonyl (C=O) groups excluding carboxylic acids is 2. The summed E-state index contributed by atoms with van der Waals surface area (Å²) in [5.74, 6) is -3.28. The second kappa shape index (κ2) is 8.62. The van der Waals surface area contributed by atoms with Gasteiger partial charge in [0, 0.05) is 11.1 Å². The molecule has 0 aliphatic heterocycles. The number of ether oxygens (including phenoxy) is 2. The van der Waals surface area contributed by atoms with Crippen LogP contribution in [0.3, 0.4) is 0 Å². The molecule has 1 heterocycles. The number of aromatic nitrogens is 1. The largest absolute Gasteiger partial charge is 0.444 e. The quantitative estimate of drug-likeness (QED) is 0.648. The molecular formula is C19H23F2N3O6S2. The number of hydrogen-bond acceptors (Lipinski definition) is 8. The molecule has 0 radical (unpaired) electrons. The molecule has 0 aliphatic carbocycles. The minimum Gasteiger partial charge on any atom is -0.444 e. The van der Waals surface area contributed by atoms with Crippen LogP contribution in [0.1, 0.15) is 46.4 Å². The lowest BCUT2D eigenvalue weighted by molar-refractivity contribution is 0.0636. The highest BCUT2D eigenvalue weighted by Gasteiger charge is 2.35. The van der Waals surface area contributed by atoms with Gasteiger partial charge in [-0.2, -0.15) is 4.98 Å². The number of anilines is 1. The lowest BCUT2D eigenvalue weighted by atomic mass is 9.95. The van der Waals surface area contributed by atoms with Crippen LogP contribution in [0, 0.1) is 11.6 Å². The fourth-order valence-corrected chi connectivity index (χ4v) is 5.17. The fraction of sp³-hybridized carbons (Fsp3) is 0.421. The van der Waals surface area contributed by atoms with Gasteiger partial charge in [0.25, 0.3) is 0 Å². The van der Waals surface area contributed by atoms with Crippen LogP contribution < -0.4 is 15.8 Å². The number of nitrogens with zero attached hydrogens (tertiary/aromatic N) is 1. The summed E-state index contributed by atoms with van der Waals surface area (Å²) in [4.78, 5) is 25.7. The van der Waals surface area contributed by atoms with E-state index in [1.807, 2.05) is 0 Å². The first-order chi connectivity index (χ1) is 14.4. The number of hydrogen-bond donors (Lipinski definition) is 2. The minimum absolute atomic E-state index is 0.235. The number of sulfone groups is 1. The number of thiazole rings is 1. The summed E-state index contributed by atoms with van der Waals surface area (Å²) in [6.07, 6.45) is -2.20. The van der Waals surface area contributed by atoms with E-state index in [4.69, 9.17) is 15.2 Å². The van der Waals surface area contributed by atoms with Gasteiger partial charge >= 0.3 is 12.2 Å². The molecule has 0 fully saturated rings. The van der Waals surface area contributed by atoms with Gasteiger partial charge in [0.2, 0.25) is 20.1 Å². The summed E-state index contributed by atoms with van der Waals surface area (Å²) in [6, 6.07) is 1.28. The predicted molar refractivity (Wildman–Crippen MR) is 113 cm³/mol. The highest BCUT2D eigenvalue weighted by Crippen LogP contribution is 2.40. The number of carbonyl (C=O) groups is 2. The number of benzene rings is 1. The molecule has 0 saturated carbocycles. The normalized spacial score (nSPS) is 12.4. The first-order valence-corrected chi connectivity index (χ1v) is 11.4. The topological polar surface area (TPSA) is 138 Å². The van der Waals surface area contributed by atoms with Gasteiger partial charge in [0.15, 0.2) is 0 Å². The van der Waals surface area contributed by atoms with Crippen LogP contribution in [-0.4, -0.2) is 31.2 Å². The molecule has 0 bridgehead atoms. The van der Waals surface area contributed by atoms with E-state index in [9.17, 15) is 26.8 Å². The molecule has 0 unspecified atom stereocenters. The van der Waals surface area contributed by atoms with Crippen molar-refractivity contribution in [1.29, 1.82) is 0 Å². The number of primary amides is 1. The number of nitrogens with one attached hydrogen (secondary N) is 1. The zero-order chi connectivity index (χ0) is 24.6. The molecule has 2 amide bonds. The molecule has 13 heteroatoms. The zero-order valence-electron chi connectivity index (χ0n) is 18.2. The second-order valence-electron chi connectivity index (χ2n) is 8.68. The summed E-state index contributed by atoms with van der Waals surface area (Å²) >= 11 is 0.594. The first kappa shape index (κ1) is 25.5. The summed E-state index contributed by atoms with van der Waals surface area (Å²) < 4.78 is 64.4. The Morgan fingerprint density at radius 1 is 1.09 bits per heavy atom. The molecule has 2 rings (SSSR count). The van der Waals surface area contributed by atoms with E-state index in [0.29, 0.717) is 23.5 Å². The Morgan fingerprint density at radius 2 is 1.62 bits per heavy atom. The third-order valence-electron chi connectivity index (χ3n) is 3.60. The predicted octanol–water partition coefficient (Wildman–Crippen LogP) is 4.36. The van der Waals surface area contributed by atoms with Crippen molar-refractivity contribution in [3.05, 3.63) is 28.6 Å². The molecule has 1 aromatic carbocycles. The number of halogens is 2. The van der Waals surface area contributed by atoms with Crippen molar-refractivity contribution in [3.63, 3.8) is 0 Å². The summed E-state index contributed by atoms with van der Waals surface area (Å²) in [5.41, 5.74) is 3.08. The Kier molecular flexibility index (Phi) is 6.86. The van der Waals surface area contributed by atoms with E-state index in [-0.39, 0.29) is 16.4 Å². The third kappa shape index (κ3) is 5.91. The summed E-state index contributed by atoms with van der Waals surface area (Å²) in [6.45, 7) is 9.88. The van der Waals surface area contributed by atoms with E-state index in [1.165, 1.54) is 0 Å². The van der Waals surface area contributed by atoms with Crippen molar-refractivity contribution < 1.29 is 36.3 Å². The van der Waals surface area contributed by atoms with Crippen molar-refractivity contribution in [2.75, 3.05) is 5.32 Å². The average Bonchev–Trinajstić information content (AvgIpc) is 2.95. The smallest absolute Gasteiger partial charge is 0.412 e. The lowest BCUT2D eigenvalue weighted by Crippen LogP contribution is -2.27. The van der Waals surface area contributed by atoms with Crippen molar-refractivity contribution in [3.8, 4) is 5.88 Å². The molecule has 176 valence electrons. The van der Waals surface area contributed by atoms with Gasteiger partial charge < -0.3 is 15.2 Å². The van der Waals surface area contributed by atoms with Crippen molar-refractivity contribution in [1.82, 2.24) is 4.98 Å². The summed E-state index contributed by atoms with van der Waals surface area (Å²) in [5, 5.41) is 2.13. The van der Waals surface area contributed by atoms with Gasteiger partial charge in [-0.1, -0.05) is 20.8 Å². The van der Waals surface area contributed by atoms with Gasteiger partial charge in [-0.05, 0) is 32.9 Å². The van der Waals surface area contributed by atoms with Crippen molar-refractivity contribution >= 4 is 39.0 Å². The van der Waals surface area contributed by atoms with Gasteiger partial charge in [0.05, 0.1) is 4.88 Å². The highest BCUT2D eigenvalue weighted by atomic mass is 32.2. The molecule has 32 heavy (non-hydrogen) atoms. The number of nitrogens with two attached hydrogens (primary N) is 1. The van der Waals surface area contributed by atoms with Crippen LogP contribution >= 0.6 is 11.3 Å². The fourth-order valence-electron chi connectivity index (χ4n) is 2.44.